The van der Waals surface area contributed by atoms with Crippen LogP contribution >= 0.6 is 0 Å². The Morgan fingerprint density at radius 1 is 1.52 bits per heavy atom. The molecular weight excluding hydrogens is 274 g/mol. The van der Waals surface area contributed by atoms with Crippen LogP contribution in [0.25, 0.3) is 0 Å². The van der Waals surface area contributed by atoms with Gasteiger partial charge in [-0.3, -0.25) is 4.79 Å². The van der Waals surface area contributed by atoms with Crippen LogP contribution in [0, 0.1) is 16.7 Å². The van der Waals surface area contributed by atoms with Crippen LogP contribution in [0.2, 0.25) is 0 Å². The van der Waals surface area contributed by atoms with Gasteiger partial charge in [0.25, 0.3) is 0 Å². The van der Waals surface area contributed by atoms with Crippen molar-refractivity contribution in [2.75, 3.05) is 18.5 Å². The summed E-state index contributed by atoms with van der Waals surface area (Å²) < 4.78 is 5.16. The van der Waals surface area contributed by atoms with Gasteiger partial charge in [0, 0.05) is 5.69 Å². The fourth-order valence-corrected chi connectivity index (χ4v) is 2.08. The van der Waals surface area contributed by atoms with E-state index in [0.29, 0.717) is 11.3 Å². The van der Waals surface area contributed by atoms with Gasteiger partial charge in [-0.1, -0.05) is 6.07 Å². The first-order valence-electron chi connectivity index (χ1n) is 6.34. The standard InChI is InChI=1S/C14H15N3O4/c1-14(12(18)19)8-21-7-11(14)17-13(20)16-10-4-2-3-9(5-10)6-15/h2-5,11H,7-8H2,1H3,(H,18,19)(H2,16,17,20). The molecule has 0 bridgehead atoms. The van der Waals surface area contributed by atoms with Gasteiger partial charge in [0.2, 0.25) is 0 Å². The van der Waals surface area contributed by atoms with E-state index in [0.717, 1.165) is 0 Å². The van der Waals surface area contributed by atoms with Crippen LogP contribution in [-0.2, 0) is 9.53 Å². The molecular formula is C14H15N3O4. The molecule has 2 unspecified atom stereocenters. The van der Waals surface area contributed by atoms with Gasteiger partial charge in [0.15, 0.2) is 0 Å². The Bertz CT molecular complexity index is 610. The fraction of sp³-hybridized carbons (Fsp3) is 0.357. The predicted molar refractivity (Wildman–Crippen MR) is 73.7 cm³/mol. The topological polar surface area (TPSA) is 111 Å². The molecule has 1 aliphatic rings. The lowest BCUT2D eigenvalue weighted by Crippen LogP contribution is -2.50. The molecule has 7 nitrogen and oxygen atoms in total. The molecule has 21 heavy (non-hydrogen) atoms. The van der Waals surface area contributed by atoms with Crippen LogP contribution in [0.3, 0.4) is 0 Å². The highest BCUT2D eigenvalue weighted by Crippen LogP contribution is 2.28. The summed E-state index contributed by atoms with van der Waals surface area (Å²) in [5, 5.41) is 23.2. The number of hydrogen-bond acceptors (Lipinski definition) is 4. The second kappa shape index (κ2) is 5.81. The molecule has 0 radical (unpaired) electrons. The second-order valence-corrected chi connectivity index (χ2v) is 5.08. The van der Waals surface area contributed by atoms with Crippen molar-refractivity contribution in [3.05, 3.63) is 29.8 Å². The van der Waals surface area contributed by atoms with Crippen LogP contribution in [-0.4, -0.2) is 36.4 Å². The van der Waals surface area contributed by atoms with E-state index in [9.17, 15) is 14.7 Å². The third kappa shape index (κ3) is 3.12. The summed E-state index contributed by atoms with van der Waals surface area (Å²) in [7, 11) is 0. The lowest BCUT2D eigenvalue weighted by Gasteiger charge is -2.25. The number of carboxylic acids is 1. The lowest BCUT2D eigenvalue weighted by atomic mass is 9.85. The number of aliphatic carboxylic acids is 1. The Labute approximate surface area is 121 Å². The van der Waals surface area contributed by atoms with Crippen molar-refractivity contribution in [1.29, 1.82) is 5.26 Å². The third-order valence-electron chi connectivity index (χ3n) is 3.50. The number of amides is 2. The Balaban J connectivity index is 2.02. The summed E-state index contributed by atoms with van der Waals surface area (Å²) >= 11 is 0. The van der Waals surface area contributed by atoms with E-state index in [2.05, 4.69) is 10.6 Å². The number of carboxylic acid groups (broad SMARTS) is 1. The number of ether oxygens (including phenoxy) is 1. The molecule has 1 aliphatic heterocycles. The van der Waals surface area contributed by atoms with E-state index in [4.69, 9.17) is 10.00 Å². The van der Waals surface area contributed by atoms with E-state index in [-0.39, 0.29) is 13.2 Å². The van der Waals surface area contributed by atoms with Crippen molar-refractivity contribution in [2.24, 2.45) is 5.41 Å². The van der Waals surface area contributed by atoms with Gasteiger partial charge in [0.05, 0.1) is 30.9 Å². The van der Waals surface area contributed by atoms with Crippen molar-refractivity contribution < 1.29 is 19.4 Å². The Morgan fingerprint density at radius 2 is 2.29 bits per heavy atom. The number of anilines is 1. The summed E-state index contributed by atoms with van der Waals surface area (Å²) in [5.74, 6) is -1.02. The zero-order chi connectivity index (χ0) is 15.5. The molecule has 2 atom stereocenters. The van der Waals surface area contributed by atoms with Gasteiger partial charge in [-0.25, -0.2) is 4.79 Å². The summed E-state index contributed by atoms with van der Waals surface area (Å²) in [6.07, 6.45) is 0. The van der Waals surface area contributed by atoms with Gasteiger partial charge in [-0.05, 0) is 25.1 Å². The van der Waals surface area contributed by atoms with Crippen LogP contribution < -0.4 is 10.6 Å². The molecule has 7 heteroatoms. The number of carbonyl (C=O) groups is 2. The number of urea groups is 1. The van der Waals surface area contributed by atoms with E-state index in [1.165, 1.54) is 13.0 Å². The van der Waals surface area contributed by atoms with Crippen LogP contribution in [0.15, 0.2) is 24.3 Å². The number of nitriles is 1. The van der Waals surface area contributed by atoms with Crippen molar-refractivity contribution in [3.63, 3.8) is 0 Å². The molecule has 1 heterocycles. The number of hydrogen-bond donors (Lipinski definition) is 3. The van der Waals surface area contributed by atoms with E-state index in [1.807, 2.05) is 6.07 Å². The third-order valence-corrected chi connectivity index (χ3v) is 3.50. The first-order chi connectivity index (χ1) is 9.95. The smallest absolute Gasteiger partial charge is 0.319 e. The summed E-state index contributed by atoms with van der Waals surface area (Å²) in [6, 6.07) is 7.26. The highest BCUT2D eigenvalue weighted by atomic mass is 16.5. The Morgan fingerprint density at radius 3 is 2.95 bits per heavy atom. The summed E-state index contributed by atoms with van der Waals surface area (Å²) in [6.45, 7) is 1.73. The normalized spacial score (nSPS) is 24.1. The highest BCUT2D eigenvalue weighted by Gasteiger charge is 2.47. The Hall–Kier alpha value is -2.59. The number of nitrogens with one attached hydrogen (secondary N) is 2. The number of carbonyl (C=O) groups excluding carboxylic acids is 1. The monoisotopic (exact) mass is 289 g/mol. The summed E-state index contributed by atoms with van der Waals surface area (Å²) in [4.78, 5) is 23.2. The van der Waals surface area contributed by atoms with Crippen molar-refractivity contribution in [1.82, 2.24) is 5.32 Å². The quantitative estimate of drug-likeness (QED) is 0.773. The molecule has 0 aromatic heterocycles. The minimum atomic E-state index is -1.15. The molecule has 110 valence electrons. The van der Waals surface area contributed by atoms with Crippen LogP contribution in [0.5, 0.6) is 0 Å². The van der Waals surface area contributed by atoms with Gasteiger partial charge in [-0.2, -0.15) is 5.26 Å². The van der Waals surface area contributed by atoms with Crippen molar-refractivity contribution >= 4 is 17.7 Å². The van der Waals surface area contributed by atoms with Crippen molar-refractivity contribution in [3.8, 4) is 6.07 Å². The first-order valence-corrected chi connectivity index (χ1v) is 6.34. The lowest BCUT2D eigenvalue weighted by molar-refractivity contribution is -0.148. The first kappa shape index (κ1) is 14.8. The van der Waals surface area contributed by atoms with Gasteiger partial charge >= 0.3 is 12.0 Å². The molecule has 1 fully saturated rings. The molecule has 0 spiro atoms. The number of rotatable bonds is 3. The zero-order valence-corrected chi connectivity index (χ0v) is 11.4. The maximum absolute atomic E-state index is 11.9. The average Bonchev–Trinajstić information content (AvgIpc) is 2.81. The van der Waals surface area contributed by atoms with Gasteiger partial charge in [0.1, 0.15) is 5.41 Å². The highest BCUT2D eigenvalue weighted by molar-refractivity contribution is 5.90. The molecule has 1 aromatic rings. The van der Waals surface area contributed by atoms with Crippen LogP contribution in [0.1, 0.15) is 12.5 Å². The largest absolute Gasteiger partial charge is 0.481 e. The molecule has 0 aliphatic carbocycles. The molecule has 2 rings (SSSR count). The summed E-state index contributed by atoms with van der Waals surface area (Å²) in [5.41, 5.74) is -0.263. The maximum atomic E-state index is 11.9. The zero-order valence-electron chi connectivity index (χ0n) is 11.4. The number of nitrogens with zero attached hydrogens (tertiary/aromatic N) is 1. The molecule has 1 saturated heterocycles. The maximum Gasteiger partial charge on any atom is 0.319 e. The molecule has 0 saturated carbocycles. The van der Waals surface area contributed by atoms with E-state index >= 15 is 0 Å². The fourth-order valence-electron chi connectivity index (χ4n) is 2.08. The van der Waals surface area contributed by atoms with Gasteiger partial charge in [-0.15, -0.1) is 0 Å². The second-order valence-electron chi connectivity index (χ2n) is 5.08. The minimum absolute atomic E-state index is 0.0528. The number of benzene rings is 1. The SMILES string of the molecule is CC1(C(=O)O)COCC1NC(=O)Nc1cccc(C#N)c1. The van der Waals surface area contributed by atoms with Crippen LogP contribution in [0.4, 0.5) is 10.5 Å². The van der Waals surface area contributed by atoms with E-state index < -0.39 is 23.5 Å². The minimum Gasteiger partial charge on any atom is -0.481 e. The molecule has 1 aromatic carbocycles. The Kier molecular flexibility index (Phi) is 4.10. The molecule has 2 amide bonds. The van der Waals surface area contributed by atoms with E-state index in [1.54, 1.807) is 18.2 Å². The van der Waals surface area contributed by atoms with Crippen molar-refractivity contribution in [2.45, 2.75) is 13.0 Å². The average molecular weight is 289 g/mol. The predicted octanol–water partition coefficient (Wildman–Crippen LogP) is 1.17. The molecule has 3 N–H and O–H groups in total. The van der Waals surface area contributed by atoms with Gasteiger partial charge < -0.3 is 20.5 Å².